The predicted molar refractivity (Wildman–Crippen MR) is 103 cm³/mol. The maximum Gasteiger partial charge on any atom is 0.232 e. The van der Waals surface area contributed by atoms with Gasteiger partial charge in [0.2, 0.25) is 11.9 Å². The van der Waals surface area contributed by atoms with Crippen molar-refractivity contribution in [2.75, 3.05) is 18.2 Å². The Labute approximate surface area is 160 Å². The van der Waals surface area contributed by atoms with Crippen LogP contribution in [0, 0.1) is 0 Å². The zero-order valence-electron chi connectivity index (χ0n) is 15.1. The molecule has 4 rings (SSSR count). The van der Waals surface area contributed by atoms with Crippen molar-refractivity contribution < 1.29 is 4.74 Å². The molecule has 0 unspecified atom stereocenters. The summed E-state index contributed by atoms with van der Waals surface area (Å²) in [7, 11) is 3.60. The van der Waals surface area contributed by atoms with Gasteiger partial charge in [0.1, 0.15) is 17.4 Å². The third-order valence-corrected chi connectivity index (χ3v) is 5.21. The molecule has 9 nitrogen and oxygen atoms in total. The summed E-state index contributed by atoms with van der Waals surface area (Å²) in [4.78, 5) is 12.8. The largest absolute Gasteiger partial charge is 0.495 e. The van der Waals surface area contributed by atoms with Gasteiger partial charge in [-0.3, -0.25) is 0 Å². The molecular weight excluding hydrogens is 364 g/mol. The number of anilines is 3. The zero-order valence-corrected chi connectivity index (χ0v) is 15.9. The first-order chi connectivity index (χ1) is 13.1. The number of nitrogens with one attached hydrogen (secondary N) is 1. The van der Waals surface area contributed by atoms with Crippen molar-refractivity contribution in [1.82, 2.24) is 29.7 Å². The van der Waals surface area contributed by atoms with E-state index in [1.165, 1.54) is 24.6 Å². The quantitative estimate of drug-likeness (QED) is 0.592. The molecule has 3 N–H and O–H groups in total. The molecule has 2 aromatic heterocycles. The van der Waals surface area contributed by atoms with Crippen molar-refractivity contribution >= 4 is 29.3 Å². The summed E-state index contributed by atoms with van der Waals surface area (Å²) in [6.45, 7) is 0. The van der Waals surface area contributed by atoms with Gasteiger partial charge in [-0.15, -0.1) is 10.2 Å². The van der Waals surface area contributed by atoms with Crippen LogP contribution in [0.1, 0.15) is 30.4 Å². The van der Waals surface area contributed by atoms with E-state index in [0.717, 1.165) is 16.7 Å². The molecule has 1 aromatic carbocycles. The summed E-state index contributed by atoms with van der Waals surface area (Å²) >= 11 is 1.53. The number of hydrogen-bond donors (Lipinski definition) is 2. The van der Waals surface area contributed by atoms with Crippen LogP contribution in [-0.4, -0.2) is 36.8 Å². The molecule has 0 radical (unpaired) electrons. The molecule has 0 bridgehead atoms. The number of ether oxygens (including phenoxy) is 1. The van der Waals surface area contributed by atoms with E-state index >= 15 is 0 Å². The fourth-order valence-electron chi connectivity index (χ4n) is 2.70. The molecule has 1 saturated carbocycles. The van der Waals surface area contributed by atoms with E-state index in [1.54, 1.807) is 7.11 Å². The molecule has 1 aliphatic rings. The van der Waals surface area contributed by atoms with Crippen LogP contribution in [0.3, 0.4) is 0 Å². The minimum Gasteiger partial charge on any atom is -0.495 e. The number of para-hydroxylation sites is 2. The topological polar surface area (TPSA) is 117 Å². The Balaban J connectivity index is 1.49. The number of nitrogen functional groups attached to an aromatic ring is 1. The number of rotatable bonds is 7. The minimum absolute atomic E-state index is 0.162. The summed E-state index contributed by atoms with van der Waals surface area (Å²) in [5.74, 6) is 3.92. The van der Waals surface area contributed by atoms with Crippen LogP contribution in [0.4, 0.5) is 17.6 Å². The number of methoxy groups -OCH3 is 1. The smallest absolute Gasteiger partial charge is 0.232 e. The van der Waals surface area contributed by atoms with Gasteiger partial charge in [0, 0.05) is 13.0 Å². The summed E-state index contributed by atoms with van der Waals surface area (Å²) in [5, 5.41) is 12.5. The van der Waals surface area contributed by atoms with E-state index in [0.29, 0.717) is 29.2 Å². The van der Waals surface area contributed by atoms with Crippen molar-refractivity contribution in [2.24, 2.45) is 7.05 Å². The number of aromatic nitrogens is 6. The molecule has 27 heavy (non-hydrogen) atoms. The number of thioether (sulfide) groups is 1. The molecule has 0 amide bonds. The van der Waals surface area contributed by atoms with E-state index in [4.69, 9.17) is 10.5 Å². The molecule has 140 valence electrons. The molecule has 0 atom stereocenters. The lowest BCUT2D eigenvalue weighted by molar-refractivity contribution is 0.417. The molecule has 0 spiro atoms. The Morgan fingerprint density at radius 1 is 1.22 bits per heavy atom. The van der Waals surface area contributed by atoms with Gasteiger partial charge in [-0.05, 0) is 25.0 Å². The van der Waals surface area contributed by atoms with Gasteiger partial charge in [-0.25, -0.2) is 0 Å². The van der Waals surface area contributed by atoms with Gasteiger partial charge < -0.3 is 20.4 Å². The molecule has 2 heterocycles. The molecule has 1 fully saturated rings. The fourth-order valence-corrected chi connectivity index (χ4v) is 3.48. The first-order valence-electron chi connectivity index (χ1n) is 8.56. The van der Waals surface area contributed by atoms with Crippen LogP contribution in [0.5, 0.6) is 5.75 Å². The first kappa shape index (κ1) is 17.5. The lowest BCUT2D eigenvalue weighted by Gasteiger charge is -2.10. The van der Waals surface area contributed by atoms with Crippen molar-refractivity contribution in [2.45, 2.75) is 29.7 Å². The highest BCUT2D eigenvalue weighted by molar-refractivity contribution is 7.98. The lowest BCUT2D eigenvalue weighted by atomic mass is 10.3. The second kappa shape index (κ2) is 7.39. The van der Waals surface area contributed by atoms with Gasteiger partial charge in [-0.1, -0.05) is 23.9 Å². The Bertz CT molecular complexity index is 956. The Hall–Kier alpha value is -2.88. The molecule has 0 aliphatic heterocycles. The molecule has 1 aliphatic carbocycles. The van der Waals surface area contributed by atoms with Gasteiger partial charge in [0.05, 0.1) is 18.6 Å². The maximum absolute atomic E-state index is 5.86. The first-order valence-corrected chi connectivity index (χ1v) is 9.55. The maximum atomic E-state index is 5.86. The molecule has 3 aromatic rings. The fraction of sp³-hybridized carbons (Fsp3) is 0.353. The molecule has 10 heteroatoms. The van der Waals surface area contributed by atoms with Crippen LogP contribution in [0.25, 0.3) is 0 Å². The number of benzene rings is 1. The number of nitrogens with zero attached hydrogens (tertiary/aromatic N) is 6. The highest BCUT2D eigenvalue weighted by atomic mass is 32.2. The van der Waals surface area contributed by atoms with E-state index in [9.17, 15) is 0 Å². The summed E-state index contributed by atoms with van der Waals surface area (Å²) in [6.07, 6.45) is 2.39. The third kappa shape index (κ3) is 3.95. The van der Waals surface area contributed by atoms with Crippen molar-refractivity contribution in [3.05, 3.63) is 35.9 Å². The monoisotopic (exact) mass is 384 g/mol. The van der Waals surface area contributed by atoms with Crippen molar-refractivity contribution in [3.8, 4) is 5.75 Å². The average molecular weight is 384 g/mol. The minimum atomic E-state index is 0.162. The Kier molecular flexibility index (Phi) is 4.80. The Morgan fingerprint density at radius 3 is 2.81 bits per heavy atom. The van der Waals surface area contributed by atoms with Crippen LogP contribution in [-0.2, 0) is 12.8 Å². The standard InChI is InChI=1S/C17H20N8OS/c1-25-14(10-7-8-10)23-24-17(25)27-9-13-20-15(18)22-16(21-13)19-11-5-3-4-6-12(11)26-2/h3-6,10H,7-9H2,1-2H3,(H3,18,19,20,21,22). The lowest BCUT2D eigenvalue weighted by Crippen LogP contribution is -2.07. The summed E-state index contributed by atoms with van der Waals surface area (Å²) in [6, 6.07) is 7.53. The third-order valence-electron chi connectivity index (χ3n) is 4.19. The van der Waals surface area contributed by atoms with Crippen molar-refractivity contribution in [1.29, 1.82) is 0 Å². The van der Waals surface area contributed by atoms with Gasteiger partial charge in [-0.2, -0.15) is 15.0 Å². The highest BCUT2D eigenvalue weighted by Crippen LogP contribution is 2.39. The zero-order chi connectivity index (χ0) is 18.8. The second-order valence-electron chi connectivity index (χ2n) is 6.22. The summed E-state index contributed by atoms with van der Waals surface area (Å²) < 4.78 is 7.38. The molecular formula is C17H20N8OS. The van der Waals surface area contributed by atoms with Crippen LogP contribution >= 0.6 is 11.8 Å². The van der Waals surface area contributed by atoms with Gasteiger partial charge in [0.25, 0.3) is 0 Å². The van der Waals surface area contributed by atoms with Crippen molar-refractivity contribution in [3.63, 3.8) is 0 Å². The highest BCUT2D eigenvalue weighted by Gasteiger charge is 2.29. The van der Waals surface area contributed by atoms with Gasteiger partial charge >= 0.3 is 0 Å². The molecule has 0 saturated heterocycles. The van der Waals surface area contributed by atoms with E-state index in [1.807, 2.05) is 35.9 Å². The number of hydrogen-bond acceptors (Lipinski definition) is 9. The van der Waals surface area contributed by atoms with Crippen LogP contribution in [0.2, 0.25) is 0 Å². The SMILES string of the molecule is COc1ccccc1Nc1nc(N)nc(CSc2nnc(C3CC3)n2C)n1. The van der Waals surface area contributed by atoms with Crippen LogP contribution < -0.4 is 15.8 Å². The normalized spacial score (nSPS) is 13.6. The second-order valence-corrected chi connectivity index (χ2v) is 7.16. The average Bonchev–Trinajstić information content (AvgIpc) is 3.43. The van der Waals surface area contributed by atoms with Crippen LogP contribution in [0.15, 0.2) is 29.4 Å². The van der Waals surface area contributed by atoms with E-state index in [-0.39, 0.29) is 5.95 Å². The van der Waals surface area contributed by atoms with E-state index < -0.39 is 0 Å². The number of nitrogens with two attached hydrogens (primary N) is 1. The summed E-state index contributed by atoms with van der Waals surface area (Å²) in [5.41, 5.74) is 6.61. The Morgan fingerprint density at radius 2 is 2.04 bits per heavy atom. The van der Waals surface area contributed by atoms with Gasteiger partial charge in [0.15, 0.2) is 5.16 Å². The predicted octanol–water partition coefficient (Wildman–Crippen LogP) is 2.50. The van der Waals surface area contributed by atoms with E-state index in [2.05, 4.69) is 30.5 Å².